The molecule has 0 bridgehead atoms. The summed E-state index contributed by atoms with van der Waals surface area (Å²) in [6, 6.07) is 6.07. The number of carbonyl (C=O) groups is 2. The van der Waals surface area contributed by atoms with E-state index in [1.54, 1.807) is 21.7 Å². The van der Waals surface area contributed by atoms with Gasteiger partial charge in [-0.3, -0.25) is 14.3 Å². The highest BCUT2D eigenvalue weighted by molar-refractivity contribution is 7.89. The molecule has 0 aliphatic carbocycles. The van der Waals surface area contributed by atoms with Crippen LogP contribution in [-0.2, 0) is 28.3 Å². The molecule has 0 atom stereocenters. The molecule has 2 heterocycles. The van der Waals surface area contributed by atoms with Crippen LogP contribution in [-0.4, -0.2) is 65.3 Å². The molecule has 29 heavy (non-hydrogen) atoms. The molecule has 3 rings (SSSR count). The van der Waals surface area contributed by atoms with E-state index in [-0.39, 0.29) is 36.1 Å². The van der Waals surface area contributed by atoms with Gasteiger partial charge in [0, 0.05) is 50.0 Å². The summed E-state index contributed by atoms with van der Waals surface area (Å²) in [6.07, 6.45) is 0.263. The minimum Gasteiger partial charge on any atom is -0.340 e. The highest BCUT2D eigenvalue weighted by Gasteiger charge is 2.30. The number of hydrogen-bond acceptors (Lipinski definition) is 5. The van der Waals surface area contributed by atoms with Crippen molar-refractivity contribution in [1.82, 2.24) is 19.0 Å². The fourth-order valence-electron chi connectivity index (χ4n) is 3.54. The van der Waals surface area contributed by atoms with Crippen molar-refractivity contribution in [3.8, 4) is 0 Å². The summed E-state index contributed by atoms with van der Waals surface area (Å²) < 4.78 is 29.0. The van der Waals surface area contributed by atoms with Crippen molar-refractivity contribution in [3.05, 3.63) is 46.8 Å². The topological polar surface area (TPSA) is 92.6 Å². The van der Waals surface area contributed by atoms with Gasteiger partial charge in [-0.1, -0.05) is 12.1 Å². The number of aromatic nitrogens is 2. The van der Waals surface area contributed by atoms with E-state index in [0.717, 1.165) is 17.0 Å². The second kappa shape index (κ2) is 8.08. The van der Waals surface area contributed by atoms with Crippen molar-refractivity contribution in [2.45, 2.75) is 32.1 Å². The molecule has 1 fully saturated rings. The molecule has 156 valence electrons. The Balaban J connectivity index is 1.67. The number of piperazine rings is 1. The van der Waals surface area contributed by atoms with Crippen molar-refractivity contribution < 1.29 is 18.0 Å². The van der Waals surface area contributed by atoms with Gasteiger partial charge in [-0.15, -0.1) is 0 Å². The first-order chi connectivity index (χ1) is 13.6. The molecule has 1 aliphatic heterocycles. The van der Waals surface area contributed by atoms with E-state index in [1.807, 2.05) is 20.9 Å². The molecule has 2 aromatic rings. The molecular weight excluding hydrogens is 392 g/mol. The van der Waals surface area contributed by atoms with Crippen LogP contribution in [0.25, 0.3) is 0 Å². The van der Waals surface area contributed by atoms with Crippen LogP contribution in [0.4, 0.5) is 0 Å². The smallest absolute Gasteiger partial charge is 0.243 e. The van der Waals surface area contributed by atoms with Crippen LogP contribution < -0.4 is 0 Å². The Bertz CT molecular complexity index is 1050. The third kappa shape index (κ3) is 4.25. The van der Waals surface area contributed by atoms with E-state index in [9.17, 15) is 18.0 Å². The van der Waals surface area contributed by atoms with Gasteiger partial charge in [-0.2, -0.15) is 9.40 Å². The van der Waals surface area contributed by atoms with Crippen LogP contribution in [0.5, 0.6) is 0 Å². The summed E-state index contributed by atoms with van der Waals surface area (Å²) >= 11 is 0. The fourth-order valence-corrected chi connectivity index (χ4v) is 5.01. The molecule has 0 N–H and O–H groups in total. The van der Waals surface area contributed by atoms with Crippen molar-refractivity contribution in [2.75, 3.05) is 26.2 Å². The van der Waals surface area contributed by atoms with E-state index in [2.05, 4.69) is 5.10 Å². The van der Waals surface area contributed by atoms with E-state index in [0.29, 0.717) is 18.7 Å². The summed E-state index contributed by atoms with van der Waals surface area (Å²) in [7, 11) is -1.86. The van der Waals surface area contributed by atoms with Gasteiger partial charge in [0.15, 0.2) is 5.78 Å². The van der Waals surface area contributed by atoms with Gasteiger partial charge >= 0.3 is 0 Å². The zero-order valence-corrected chi connectivity index (χ0v) is 18.0. The molecule has 9 heteroatoms. The molecular formula is C20H26N4O4S. The Morgan fingerprint density at radius 2 is 1.76 bits per heavy atom. The third-order valence-electron chi connectivity index (χ3n) is 5.46. The van der Waals surface area contributed by atoms with E-state index in [1.165, 1.54) is 23.4 Å². The van der Waals surface area contributed by atoms with Crippen molar-refractivity contribution in [1.29, 1.82) is 0 Å². The molecule has 1 aromatic carbocycles. The number of aryl methyl sites for hydroxylation is 2. The Morgan fingerprint density at radius 3 is 2.31 bits per heavy atom. The number of benzene rings is 1. The largest absolute Gasteiger partial charge is 0.340 e. The maximum Gasteiger partial charge on any atom is 0.243 e. The van der Waals surface area contributed by atoms with Gasteiger partial charge < -0.3 is 4.90 Å². The van der Waals surface area contributed by atoms with Gasteiger partial charge in [0.2, 0.25) is 15.9 Å². The maximum atomic E-state index is 12.9. The van der Waals surface area contributed by atoms with Crippen LogP contribution in [0.3, 0.4) is 0 Å². The van der Waals surface area contributed by atoms with Crippen molar-refractivity contribution in [2.24, 2.45) is 7.05 Å². The fraction of sp³-hybridized carbons (Fsp3) is 0.450. The minimum absolute atomic E-state index is 0.0279. The third-order valence-corrected chi connectivity index (χ3v) is 7.35. The van der Waals surface area contributed by atoms with Gasteiger partial charge in [0.05, 0.1) is 17.0 Å². The molecule has 1 aromatic heterocycles. The van der Waals surface area contributed by atoms with Gasteiger partial charge in [0.25, 0.3) is 0 Å². The highest BCUT2D eigenvalue weighted by Crippen LogP contribution is 2.20. The first-order valence-electron chi connectivity index (χ1n) is 9.49. The predicted octanol–water partition coefficient (Wildman–Crippen LogP) is 1.32. The zero-order chi connectivity index (χ0) is 21.3. The summed E-state index contributed by atoms with van der Waals surface area (Å²) in [6.45, 7) is 6.35. The lowest BCUT2D eigenvalue weighted by Gasteiger charge is -2.34. The average molecular weight is 419 g/mol. The van der Waals surface area contributed by atoms with Crippen molar-refractivity contribution in [3.63, 3.8) is 0 Å². The molecule has 0 saturated carbocycles. The molecule has 1 aliphatic rings. The van der Waals surface area contributed by atoms with E-state index >= 15 is 0 Å². The maximum absolute atomic E-state index is 12.9. The Hall–Kier alpha value is -2.52. The van der Waals surface area contributed by atoms with Gasteiger partial charge in [-0.25, -0.2) is 8.42 Å². The second-order valence-electron chi connectivity index (χ2n) is 7.32. The molecule has 1 saturated heterocycles. The number of amides is 1. The van der Waals surface area contributed by atoms with Gasteiger partial charge in [-0.05, 0) is 32.9 Å². The standard InChI is InChI=1S/C20H26N4O4S/c1-14-19(15(2)22(4)21-14)13-20(26)23-8-10-24(11-9-23)29(27,28)18-7-5-6-17(12-18)16(3)25/h5-7,12H,8-11,13H2,1-4H3. The second-order valence-corrected chi connectivity index (χ2v) is 9.26. The molecule has 8 nitrogen and oxygen atoms in total. The van der Waals surface area contributed by atoms with Crippen LogP contribution in [0, 0.1) is 13.8 Å². The number of carbonyl (C=O) groups excluding carboxylic acids is 2. The van der Waals surface area contributed by atoms with Gasteiger partial charge in [0.1, 0.15) is 0 Å². The van der Waals surface area contributed by atoms with E-state index in [4.69, 9.17) is 0 Å². The monoisotopic (exact) mass is 418 g/mol. The average Bonchev–Trinajstić information content (AvgIpc) is 2.94. The Labute approximate surface area is 171 Å². The lowest BCUT2D eigenvalue weighted by Crippen LogP contribution is -2.50. The lowest BCUT2D eigenvalue weighted by atomic mass is 10.1. The Kier molecular flexibility index (Phi) is 5.90. The molecule has 0 spiro atoms. The first-order valence-corrected chi connectivity index (χ1v) is 10.9. The van der Waals surface area contributed by atoms with Crippen LogP contribution in [0.1, 0.15) is 34.2 Å². The number of sulfonamides is 1. The summed E-state index contributed by atoms with van der Waals surface area (Å²) in [5, 5.41) is 4.34. The van der Waals surface area contributed by atoms with Crippen molar-refractivity contribution >= 4 is 21.7 Å². The normalized spacial score (nSPS) is 15.5. The summed E-state index contributed by atoms with van der Waals surface area (Å²) in [4.78, 5) is 26.1. The minimum atomic E-state index is -3.71. The summed E-state index contributed by atoms with van der Waals surface area (Å²) in [5.41, 5.74) is 3.09. The number of nitrogens with zero attached hydrogens (tertiary/aromatic N) is 4. The van der Waals surface area contributed by atoms with Crippen LogP contribution in [0.2, 0.25) is 0 Å². The molecule has 1 amide bonds. The SMILES string of the molecule is CC(=O)c1cccc(S(=O)(=O)N2CCN(C(=O)Cc3c(C)nn(C)c3C)CC2)c1. The summed E-state index contributed by atoms with van der Waals surface area (Å²) in [5.74, 6) is -0.210. The lowest BCUT2D eigenvalue weighted by molar-refractivity contribution is -0.131. The molecule has 0 radical (unpaired) electrons. The zero-order valence-electron chi connectivity index (χ0n) is 17.2. The number of ketones is 1. The number of hydrogen-bond donors (Lipinski definition) is 0. The van der Waals surface area contributed by atoms with Crippen LogP contribution in [0.15, 0.2) is 29.2 Å². The molecule has 0 unspecified atom stereocenters. The van der Waals surface area contributed by atoms with E-state index < -0.39 is 10.0 Å². The quantitative estimate of drug-likeness (QED) is 0.683. The number of Topliss-reactive ketones (excluding diaryl/α,β-unsaturated/α-hetero) is 1. The first kappa shape index (κ1) is 21.2. The highest BCUT2D eigenvalue weighted by atomic mass is 32.2. The van der Waals surface area contributed by atoms with Crippen LogP contribution >= 0.6 is 0 Å². The number of rotatable bonds is 5. The Morgan fingerprint density at radius 1 is 1.10 bits per heavy atom. The predicted molar refractivity (Wildman–Crippen MR) is 108 cm³/mol.